The third kappa shape index (κ3) is 7.89. The molecule has 2 aromatic carbocycles. The minimum Gasteiger partial charge on any atom is -0.492 e. The van der Waals surface area contributed by atoms with Crippen LogP contribution in [0.3, 0.4) is 0 Å². The van der Waals surface area contributed by atoms with Crippen LogP contribution in [0.25, 0.3) is 11.1 Å². The van der Waals surface area contributed by atoms with Crippen molar-refractivity contribution in [2.45, 2.75) is 51.4 Å². The molecule has 0 saturated heterocycles. The Hall–Kier alpha value is -3.24. The van der Waals surface area contributed by atoms with Crippen LogP contribution in [0, 0.1) is 11.8 Å². The van der Waals surface area contributed by atoms with Crippen LogP contribution < -0.4 is 4.74 Å². The SMILES string of the molecule is CC(C)CC(C(=O)O)c1cc(-c2ccc(C(F)(F)F)cc2)c(OCC2CC2)c(C(F)(F)F)c1.O=CO. The van der Waals surface area contributed by atoms with Gasteiger partial charge in [0, 0.05) is 5.56 Å². The lowest BCUT2D eigenvalue weighted by Crippen LogP contribution is -2.17. The Bertz CT molecular complexity index is 1040. The first-order chi connectivity index (χ1) is 16.7. The minimum atomic E-state index is -4.85. The quantitative estimate of drug-likeness (QED) is 0.287. The molecule has 1 unspecified atom stereocenters. The number of aliphatic carboxylic acids is 1. The van der Waals surface area contributed by atoms with E-state index < -0.39 is 41.1 Å². The molecule has 5 nitrogen and oxygen atoms in total. The molecule has 2 N–H and O–H groups in total. The van der Waals surface area contributed by atoms with Gasteiger partial charge in [-0.3, -0.25) is 9.59 Å². The van der Waals surface area contributed by atoms with Crippen LogP contribution in [0.1, 0.15) is 55.7 Å². The van der Waals surface area contributed by atoms with Gasteiger partial charge in [0.2, 0.25) is 0 Å². The van der Waals surface area contributed by atoms with Crippen molar-refractivity contribution >= 4 is 12.4 Å². The molecule has 0 aliphatic heterocycles. The van der Waals surface area contributed by atoms with Gasteiger partial charge in [0.05, 0.1) is 23.7 Å². The molecule has 11 heteroatoms. The molecule has 36 heavy (non-hydrogen) atoms. The number of rotatable bonds is 8. The highest BCUT2D eigenvalue weighted by molar-refractivity contribution is 5.80. The number of carboxylic acids is 1. The summed E-state index contributed by atoms with van der Waals surface area (Å²) in [5, 5.41) is 16.6. The van der Waals surface area contributed by atoms with Gasteiger partial charge in [0.15, 0.2) is 0 Å². The lowest BCUT2D eigenvalue weighted by Gasteiger charge is -2.23. The second kappa shape index (κ2) is 11.7. The number of benzene rings is 2. The third-order valence-electron chi connectivity index (χ3n) is 5.51. The normalized spacial score (nSPS) is 14.6. The molecule has 1 fully saturated rings. The second-order valence-corrected chi connectivity index (χ2v) is 8.90. The number of hydrogen-bond acceptors (Lipinski definition) is 3. The van der Waals surface area contributed by atoms with Crippen molar-refractivity contribution in [1.82, 2.24) is 0 Å². The summed E-state index contributed by atoms with van der Waals surface area (Å²) >= 11 is 0. The van der Waals surface area contributed by atoms with Crippen LogP contribution in [0.5, 0.6) is 5.75 Å². The standard InChI is InChI=1S/C24H24F6O3.CH2O2/c1-13(2)9-19(22(31)32)16-10-18(15-5-7-17(8-6-15)23(25,26)27)21(33-12-14-3-4-14)20(11-16)24(28,29)30;2-1-3/h5-8,10-11,13-14,19H,3-4,9,12H2,1-2H3,(H,31,32);1H,(H,2,3). The predicted molar refractivity (Wildman–Crippen MR) is 119 cm³/mol. The molecule has 2 aromatic rings. The van der Waals surface area contributed by atoms with E-state index in [0.717, 1.165) is 43.2 Å². The van der Waals surface area contributed by atoms with Gasteiger partial charge in [-0.15, -0.1) is 0 Å². The summed E-state index contributed by atoms with van der Waals surface area (Å²) in [6.45, 7) is 3.30. The topological polar surface area (TPSA) is 83.8 Å². The van der Waals surface area contributed by atoms with E-state index in [1.54, 1.807) is 13.8 Å². The van der Waals surface area contributed by atoms with Crippen molar-refractivity contribution in [3.8, 4) is 16.9 Å². The van der Waals surface area contributed by atoms with Crippen LogP contribution in [0.15, 0.2) is 36.4 Å². The Morgan fingerprint density at radius 3 is 2.03 bits per heavy atom. The maximum atomic E-state index is 14.0. The number of carboxylic acid groups (broad SMARTS) is 2. The van der Waals surface area contributed by atoms with E-state index in [9.17, 15) is 36.2 Å². The molecule has 1 atom stereocenters. The van der Waals surface area contributed by atoms with Gasteiger partial charge < -0.3 is 14.9 Å². The molecule has 3 rings (SSSR count). The van der Waals surface area contributed by atoms with Gasteiger partial charge in [-0.05, 0) is 66.5 Å². The van der Waals surface area contributed by atoms with Crippen LogP contribution >= 0.6 is 0 Å². The second-order valence-electron chi connectivity index (χ2n) is 8.90. The summed E-state index contributed by atoms with van der Waals surface area (Å²) in [5.74, 6) is -2.97. The van der Waals surface area contributed by atoms with E-state index in [1.165, 1.54) is 6.07 Å². The molecule has 0 aromatic heterocycles. The zero-order chi connectivity index (χ0) is 27.3. The highest BCUT2D eigenvalue weighted by Crippen LogP contribution is 2.46. The van der Waals surface area contributed by atoms with E-state index in [2.05, 4.69) is 0 Å². The van der Waals surface area contributed by atoms with Gasteiger partial charge in [-0.2, -0.15) is 26.3 Å². The molecule has 1 saturated carbocycles. The Morgan fingerprint density at radius 1 is 1.06 bits per heavy atom. The summed E-state index contributed by atoms with van der Waals surface area (Å²) in [4.78, 5) is 20.2. The van der Waals surface area contributed by atoms with Crippen LogP contribution in [0.4, 0.5) is 26.3 Å². The van der Waals surface area contributed by atoms with E-state index in [4.69, 9.17) is 14.6 Å². The van der Waals surface area contributed by atoms with E-state index in [-0.39, 0.29) is 48.0 Å². The summed E-state index contributed by atoms with van der Waals surface area (Å²) in [5.41, 5.74) is -2.15. The highest BCUT2D eigenvalue weighted by Gasteiger charge is 2.38. The average Bonchev–Trinajstić information content (AvgIpc) is 3.59. The summed E-state index contributed by atoms with van der Waals surface area (Å²) < 4.78 is 86.6. The van der Waals surface area contributed by atoms with E-state index in [1.807, 2.05) is 0 Å². The lowest BCUT2D eigenvalue weighted by molar-refractivity contribution is -0.141. The molecular weight excluding hydrogens is 494 g/mol. The summed E-state index contributed by atoms with van der Waals surface area (Å²) in [6.07, 6.45) is -7.71. The molecule has 1 aliphatic rings. The summed E-state index contributed by atoms with van der Waals surface area (Å²) in [6, 6.07) is 5.79. The highest BCUT2D eigenvalue weighted by atomic mass is 19.4. The fourth-order valence-electron chi connectivity index (χ4n) is 3.61. The molecule has 0 amide bonds. The first-order valence-electron chi connectivity index (χ1n) is 11.0. The molecule has 0 bridgehead atoms. The van der Waals surface area contributed by atoms with Gasteiger partial charge in [0.1, 0.15) is 5.75 Å². The fraction of sp³-hybridized carbons (Fsp3) is 0.440. The Labute approximate surface area is 203 Å². The van der Waals surface area contributed by atoms with Gasteiger partial charge in [-0.1, -0.05) is 26.0 Å². The van der Waals surface area contributed by atoms with Gasteiger partial charge in [-0.25, -0.2) is 0 Å². The molecule has 1 aliphatic carbocycles. The predicted octanol–water partition coefficient (Wildman–Crippen LogP) is 7.10. The molecule has 0 spiro atoms. The van der Waals surface area contributed by atoms with Crippen LogP contribution in [-0.2, 0) is 21.9 Å². The summed E-state index contributed by atoms with van der Waals surface area (Å²) in [7, 11) is 0. The molecule has 198 valence electrons. The Morgan fingerprint density at radius 2 is 1.61 bits per heavy atom. The van der Waals surface area contributed by atoms with Gasteiger partial charge in [0.25, 0.3) is 6.47 Å². The number of ether oxygens (including phenoxy) is 1. The maximum absolute atomic E-state index is 14.0. The maximum Gasteiger partial charge on any atom is 0.419 e. The van der Waals surface area contributed by atoms with Crippen molar-refractivity contribution in [2.24, 2.45) is 11.8 Å². The monoisotopic (exact) mass is 520 g/mol. The van der Waals surface area contributed by atoms with Crippen LogP contribution in [-0.4, -0.2) is 29.3 Å². The largest absolute Gasteiger partial charge is 0.492 e. The van der Waals surface area contributed by atoms with Gasteiger partial charge >= 0.3 is 18.3 Å². The third-order valence-corrected chi connectivity index (χ3v) is 5.51. The average molecular weight is 520 g/mol. The fourth-order valence-corrected chi connectivity index (χ4v) is 3.61. The number of halogens is 6. The number of hydrogen-bond donors (Lipinski definition) is 2. The number of carbonyl (C=O) groups is 2. The Kier molecular flexibility index (Phi) is 9.39. The number of alkyl halides is 6. The first kappa shape index (κ1) is 29.0. The van der Waals surface area contributed by atoms with Crippen molar-refractivity contribution in [2.75, 3.05) is 6.61 Å². The molecule has 0 radical (unpaired) electrons. The van der Waals surface area contributed by atoms with E-state index in [0.29, 0.717) is 0 Å². The van der Waals surface area contributed by atoms with Crippen LogP contribution in [0.2, 0.25) is 0 Å². The van der Waals surface area contributed by atoms with Crippen molar-refractivity contribution < 1.29 is 50.9 Å². The Balaban J connectivity index is 0.00000145. The lowest BCUT2D eigenvalue weighted by atomic mass is 9.86. The van der Waals surface area contributed by atoms with Crippen molar-refractivity contribution in [3.63, 3.8) is 0 Å². The zero-order valence-electron chi connectivity index (χ0n) is 19.5. The first-order valence-corrected chi connectivity index (χ1v) is 11.0. The van der Waals surface area contributed by atoms with E-state index >= 15 is 0 Å². The molecule has 0 heterocycles. The minimum absolute atomic E-state index is 0.0460. The van der Waals surface area contributed by atoms with Crippen molar-refractivity contribution in [3.05, 3.63) is 53.1 Å². The molecular formula is C25H26F6O5. The smallest absolute Gasteiger partial charge is 0.419 e. The zero-order valence-corrected chi connectivity index (χ0v) is 19.5. The van der Waals surface area contributed by atoms with Crippen molar-refractivity contribution in [1.29, 1.82) is 0 Å².